The number of rotatable bonds is 7. The summed E-state index contributed by atoms with van der Waals surface area (Å²) >= 11 is 0. The quantitative estimate of drug-likeness (QED) is 0.508. The lowest BCUT2D eigenvalue weighted by Gasteiger charge is -2.24. The van der Waals surface area contributed by atoms with Gasteiger partial charge in [0, 0.05) is 11.8 Å². The van der Waals surface area contributed by atoms with Crippen molar-refractivity contribution in [2.75, 3.05) is 97.3 Å². The number of hydrogen-bond donors (Lipinski definition) is 0. The van der Waals surface area contributed by atoms with Gasteiger partial charge in [0.1, 0.15) is 26.3 Å². The minimum atomic E-state index is -0.454. The number of benzene rings is 1. The summed E-state index contributed by atoms with van der Waals surface area (Å²) in [5.74, 6) is 0.0452. The van der Waals surface area contributed by atoms with Gasteiger partial charge in [-0.05, 0) is 26.0 Å². The van der Waals surface area contributed by atoms with Gasteiger partial charge in [-0.1, -0.05) is 0 Å². The molecule has 1 aliphatic rings. The molecular formula is C24H37NO10. The van der Waals surface area contributed by atoms with E-state index in [1.807, 2.05) is 0 Å². The molecule has 0 saturated heterocycles. The predicted octanol–water partition coefficient (Wildman–Crippen LogP) is 1.46. The molecule has 0 atom stereocenters. The lowest BCUT2D eigenvalue weighted by atomic mass is 10.2. The highest BCUT2D eigenvalue weighted by molar-refractivity contribution is 5.81. The fourth-order valence-electron chi connectivity index (χ4n) is 3.07. The maximum absolute atomic E-state index is 12.1. The molecule has 11 nitrogen and oxygen atoms in total. The standard InChI is InChI=1S/C24H37NO10/c1-3-32-23(26)18-25(19-24(27)33-4-2)20-5-6-21-22(17-20)35-16-14-31-12-10-29-8-7-28-9-11-30-13-15-34-21/h5-6,17H,3-4,7-16,18-19H2,1-2H3. The smallest absolute Gasteiger partial charge is 0.325 e. The van der Waals surface area contributed by atoms with Crippen LogP contribution < -0.4 is 14.4 Å². The van der Waals surface area contributed by atoms with E-state index < -0.39 is 11.9 Å². The van der Waals surface area contributed by atoms with Gasteiger partial charge in [-0.2, -0.15) is 0 Å². The van der Waals surface area contributed by atoms with Gasteiger partial charge in [0.05, 0.1) is 66.1 Å². The van der Waals surface area contributed by atoms with Crippen molar-refractivity contribution in [1.29, 1.82) is 0 Å². The number of nitrogens with zero attached hydrogens (tertiary/aromatic N) is 1. The zero-order valence-electron chi connectivity index (χ0n) is 20.7. The van der Waals surface area contributed by atoms with Crippen molar-refractivity contribution in [1.82, 2.24) is 0 Å². The van der Waals surface area contributed by atoms with E-state index in [-0.39, 0.29) is 32.9 Å². The number of anilines is 1. The number of ether oxygens (including phenoxy) is 8. The second-order valence-corrected chi connectivity index (χ2v) is 7.24. The summed E-state index contributed by atoms with van der Waals surface area (Å²) in [5, 5.41) is 0. The first kappa shape index (κ1) is 28.6. The Labute approximate surface area is 206 Å². The monoisotopic (exact) mass is 499 g/mol. The minimum Gasteiger partial charge on any atom is -0.487 e. The minimum absolute atomic E-state index is 0.120. The van der Waals surface area contributed by atoms with Crippen molar-refractivity contribution >= 4 is 17.6 Å². The molecule has 0 amide bonds. The van der Waals surface area contributed by atoms with Crippen molar-refractivity contribution < 1.29 is 47.5 Å². The third-order valence-corrected chi connectivity index (χ3v) is 4.63. The Morgan fingerprint density at radius 2 is 1.11 bits per heavy atom. The molecule has 198 valence electrons. The fourth-order valence-corrected chi connectivity index (χ4v) is 3.07. The summed E-state index contributed by atoms with van der Waals surface area (Å²) < 4.78 is 43.8. The topological polar surface area (TPSA) is 111 Å². The molecule has 11 heteroatoms. The Hall–Kier alpha value is -2.60. The number of esters is 2. The van der Waals surface area contributed by atoms with E-state index in [1.54, 1.807) is 36.9 Å². The van der Waals surface area contributed by atoms with Crippen molar-refractivity contribution in [3.05, 3.63) is 18.2 Å². The van der Waals surface area contributed by atoms with Gasteiger partial charge in [-0.25, -0.2) is 0 Å². The molecule has 0 N–H and O–H groups in total. The van der Waals surface area contributed by atoms with Crippen molar-refractivity contribution in [2.45, 2.75) is 13.8 Å². The van der Waals surface area contributed by atoms with Crippen molar-refractivity contribution in [3.63, 3.8) is 0 Å². The molecule has 0 radical (unpaired) electrons. The van der Waals surface area contributed by atoms with Gasteiger partial charge >= 0.3 is 11.9 Å². The summed E-state index contributed by atoms with van der Waals surface area (Å²) in [6, 6.07) is 5.18. The highest BCUT2D eigenvalue weighted by atomic mass is 16.6. The van der Waals surface area contributed by atoms with Crippen LogP contribution in [0.4, 0.5) is 5.69 Å². The first-order chi connectivity index (χ1) is 17.1. The van der Waals surface area contributed by atoms with E-state index in [0.717, 1.165) is 0 Å². The average Bonchev–Trinajstić information content (AvgIpc) is 2.83. The van der Waals surface area contributed by atoms with Crippen LogP contribution in [-0.2, 0) is 38.0 Å². The van der Waals surface area contributed by atoms with Crippen LogP contribution in [0.25, 0.3) is 0 Å². The summed E-state index contributed by atoms with van der Waals surface area (Å²) in [6.07, 6.45) is 0. The van der Waals surface area contributed by atoms with E-state index in [1.165, 1.54) is 0 Å². The maximum Gasteiger partial charge on any atom is 0.325 e. The summed E-state index contributed by atoms with van der Waals surface area (Å²) in [7, 11) is 0. The molecule has 0 unspecified atom stereocenters. The Morgan fingerprint density at radius 1 is 0.686 bits per heavy atom. The molecule has 1 aliphatic heterocycles. The van der Waals surface area contributed by atoms with Gasteiger partial charge in [-0.3, -0.25) is 9.59 Å². The Bertz CT molecular complexity index is 725. The fraction of sp³-hybridized carbons (Fsp3) is 0.667. The van der Waals surface area contributed by atoms with Crippen LogP contribution in [0.15, 0.2) is 18.2 Å². The van der Waals surface area contributed by atoms with Crippen LogP contribution in [0, 0.1) is 0 Å². The van der Waals surface area contributed by atoms with Crippen molar-refractivity contribution in [3.8, 4) is 11.5 Å². The highest BCUT2D eigenvalue weighted by Crippen LogP contribution is 2.32. The lowest BCUT2D eigenvalue weighted by molar-refractivity contribution is -0.142. The molecule has 0 saturated carbocycles. The van der Waals surface area contributed by atoms with Crippen LogP contribution in [0.5, 0.6) is 11.5 Å². The predicted molar refractivity (Wildman–Crippen MR) is 126 cm³/mol. The van der Waals surface area contributed by atoms with E-state index in [9.17, 15) is 9.59 Å². The molecule has 35 heavy (non-hydrogen) atoms. The first-order valence-corrected chi connectivity index (χ1v) is 11.9. The second kappa shape index (κ2) is 17.8. The molecule has 1 aromatic carbocycles. The Kier molecular flexibility index (Phi) is 14.5. The van der Waals surface area contributed by atoms with Gasteiger partial charge < -0.3 is 42.8 Å². The van der Waals surface area contributed by atoms with Crippen LogP contribution in [0.3, 0.4) is 0 Å². The van der Waals surface area contributed by atoms with Crippen LogP contribution in [0.2, 0.25) is 0 Å². The lowest BCUT2D eigenvalue weighted by Crippen LogP contribution is -2.36. The number of fused-ring (bicyclic) bond motifs is 1. The highest BCUT2D eigenvalue weighted by Gasteiger charge is 2.19. The summed E-state index contributed by atoms with van der Waals surface area (Å²) in [6.45, 7) is 7.81. The van der Waals surface area contributed by atoms with E-state index in [2.05, 4.69) is 0 Å². The average molecular weight is 500 g/mol. The first-order valence-electron chi connectivity index (χ1n) is 11.9. The molecule has 0 spiro atoms. The van der Waals surface area contributed by atoms with E-state index in [0.29, 0.717) is 76.6 Å². The number of carbonyl (C=O) groups is 2. The summed E-state index contributed by atoms with van der Waals surface area (Å²) in [4.78, 5) is 25.9. The molecule has 0 bridgehead atoms. The Balaban J connectivity index is 2.13. The van der Waals surface area contributed by atoms with Gasteiger partial charge in [0.2, 0.25) is 0 Å². The summed E-state index contributed by atoms with van der Waals surface area (Å²) in [5.41, 5.74) is 0.582. The molecule has 1 heterocycles. The second-order valence-electron chi connectivity index (χ2n) is 7.24. The van der Waals surface area contributed by atoms with E-state index in [4.69, 9.17) is 37.9 Å². The largest absolute Gasteiger partial charge is 0.487 e. The molecule has 0 aromatic heterocycles. The number of carbonyl (C=O) groups excluding carboxylic acids is 2. The molecule has 0 fully saturated rings. The molecule has 2 rings (SSSR count). The van der Waals surface area contributed by atoms with Gasteiger partial charge in [-0.15, -0.1) is 0 Å². The normalized spacial score (nSPS) is 16.4. The third kappa shape index (κ3) is 12.1. The molecular weight excluding hydrogens is 462 g/mol. The van der Waals surface area contributed by atoms with Gasteiger partial charge in [0.15, 0.2) is 11.5 Å². The van der Waals surface area contributed by atoms with Crippen LogP contribution in [-0.4, -0.2) is 104 Å². The SMILES string of the molecule is CCOC(=O)CN(CC(=O)OCC)c1ccc2c(c1)OCCOCCOCCOCCOCCO2. The van der Waals surface area contributed by atoms with Crippen LogP contribution >= 0.6 is 0 Å². The maximum atomic E-state index is 12.1. The molecule has 0 aliphatic carbocycles. The number of hydrogen-bond acceptors (Lipinski definition) is 11. The van der Waals surface area contributed by atoms with Gasteiger partial charge in [0.25, 0.3) is 0 Å². The van der Waals surface area contributed by atoms with Crippen LogP contribution in [0.1, 0.15) is 13.8 Å². The third-order valence-electron chi connectivity index (χ3n) is 4.63. The zero-order chi connectivity index (χ0) is 25.1. The van der Waals surface area contributed by atoms with E-state index >= 15 is 0 Å². The molecule has 1 aromatic rings. The Morgan fingerprint density at radius 3 is 1.57 bits per heavy atom. The van der Waals surface area contributed by atoms with Crippen molar-refractivity contribution in [2.24, 2.45) is 0 Å². The zero-order valence-corrected chi connectivity index (χ0v) is 20.7.